The van der Waals surface area contributed by atoms with Gasteiger partial charge in [-0.1, -0.05) is 49.4 Å². The summed E-state index contributed by atoms with van der Waals surface area (Å²) in [6.07, 6.45) is -0.0894. The molecule has 0 spiro atoms. The van der Waals surface area contributed by atoms with E-state index in [4.69, 9.17) is 9.47 Å². The van der Waals surface area contributed by atoms with Gasteiger partial charge in [0.05, 0.1) is 6.61 Å². The third kappa shape index (κ3) is 4.28. The highest BCUT2D eigenvalue weighted by Gasteiger charge is 2.28. The molecule has 3 nitrogen and oxygen atoms in total. The minimum absolute atomic E-state index is 0.0193. The van der Waals surface area contributed by atoms with Crippen molar-refractivity contribution in [2.75, 3.05) is 25.4 Å². The summed E-state index contributed by atoms with van der Waals surface area (Å²) in [5.41, 5.74) is 1.15. The van der Waals surface area contributed by atoms with Crippen LogP contribution < -0.4 is 10.1 Å². The summed E-state index contributed by atoms with van der Waals surface area (Å²) in [6, 6.07) is 18.6. The van der Waals surface area contributed by atoms with Crippen LogP contribution >= 0.6 is 11.8 Å². The maximum absolute atomic E-state index is 6.44. The Bertz CT molecular complexity index is 599. The van der Waals surface area contributed by atoms with Gasteiger partial charge in [0.2, 0.25) is 0 Å². The fourth-order valence-corrected chi connectivity index (χ4v) is 3.48. The topological polar surface area (TPSA) is 30.5 Å². The van der Waals surface area contributed by atoms with Gasteiger partial charge >= 0.3 is 0 Å². The lowest BCUT2D eigenvalue weighted by Crippen LogP contribution is -2.43. The molecule has 2 aromatic carbocycles. The molecule has 4 heteroatoms. The van der Waals surface area contributed by atoms with E-state index >= 15 is 0 Å². The first-order valence-electron chi connectivity index (χ1n) is 8.14. The van der Waals surface area contributed by atoms with Crippen molar-refractivity contribution in [3.8, 4) is 5.75 Å². The molecule has 1 aliphatic rings. The molecule has 1 fully saturated rings. The van der Waals surface area contributed by atoms with E-state index in [0.717, 1.165) is 36.8 Å². The van der Waals surface area contributed by atoms with Gasteiger partial charge in [-0.3, -0.25) is 0 Å². The minimum Gasteiger partial charge on any atom is -0.482 e. The highest BCUT2D eigenvalue weighted by atomic mass is 32.2. The lowest BCUT2D eigenvalue weighted by atomic mass is 10.0. The standard InChI is InChI=1S/C19H23NO2S/c1-2-23-18-11-7-6-10-16(18)22-19(15-8-4-3-5-9-15)17-14-20-12-13-21-17/h3-11,17,19-20H,2,12-14H2,1H3/t17-,19?/m0/s1. The minimum atomic E-state index is -0.109. The molecular formula is C19H23NO2S. The number of rotatable bonds is 6. The maximum Gasteiger partial charge on any atom is 0.151 e. The zero-order valence-corrected chi connectivity index (χ0v) is 14.2. The maximum atomic E-state index is 6.44. The molecule has 122 valence electrons. The monoisotopic (exact) mass is 329 g/mol. The predicted molar refractivity (Wildman–Crippen MR) is 95.3 cm³/mol. The van der Waals surface area contributed by atoms with Crippen LogP contribution in [-0.4, -0.2) is 31.6 Å². The largest absolute Gasteiger partial charge is 0.482 e. The quantitative estimate of drug-likeness (QED) is 0.814. The molecule has 1 saturated heterocycles. The molecule has 0 radical (unpaired) electrons. The third-order valence-electron chi connectivity index (χ3n) is 3.83. The van der Waals surface area contributed by atoms with E-state index in [9.17, 15) is 0 Å². The average Bonchev–Trinajstić information content (AvgIpc) is 2.63. The number of ether oxygens (including phenoxy) is 2. The summed E-state index contributed by atoms with van der Waals surface area (Å²) < 4.78 is 12.4. The summed E-state index contributed by atoms with van der Waals surface area (Å²) in [4.78, 5) is 1.18. The zero-order chi connectivity index (χ0) is 15.9. The van der Waals surface area contributed by atoms with E-state index in [-0.39, 0.29) is 12.2 Å². The fraction of sp³-hybridized carbons (Fsp3) is 0.368. The van der Waals surface area contributed by atoms with Gasteiger partial charge in [-0.05, 0) is 23.4 Å². The van der Waals surface area contributed by atoms with Crippen molar-refractivity contribution in [2.45, 2.75) is 24.0 Å². The number of benzene rings is 2. The van der Waals surface area contributed by atoms with E-state index in [1.54, 1.807) is 11.8 Å². The summed E-state index contributed by atoms with van der Waals surface area (Å²) >= 11 is 1.80. The molecule has 0 bridgehead atoms. The number of nitrogens with one attached hydrogen (secondary N) is 1. The van der Waals surface area contributed by atoms with E-state index < -0.39 is 0 Å². The molecule has 2 aromatic rings. The van der Waals surface area contributed by atoms with Crippen LogP contribution in [0.25, 0.3) is 0 Å². The van der Waals surface area contributed by atoms with Gasteiger partial charge < -0.3 is 14.8 Å². The zero-order valence-electron chi connectivity index (χ0n) is 13.4. The Morgan fingerprint density at radius 2 is 1.96 bits per heavy atom. The van der Waals surface area contributed by atoms with Crippen LogP contribution in [0.4, 0.5) is 0 Å². The smallest absolute Gasteiger partial charge is 0.151 e. The van der Waals surface area contributed by atoms with Gasteiger partial charge in [0, 0.05) is 18.0 Å². The molecule has 1 heterocycles. The molecule has 1 aliphatic heterocycles. The Kier molecular flexibility index (Phi) is 5.97. The van der Waals surface area contributed by atoms with Crippen LogP contribution in [0, 0.1) is 0 Å². The number of thioether (sulfide) groups is 1. The number of hydrogen-bond donors (Lipinski definition) is 1. The lowest BCUT2D eigenvalue weighted by Gasteiger charge is -2.32. The van der Waals surface area contributed by atoms with Crippen molar-refractivity contribution in [3.05, 3.63) is 60.2 Å². The first kappa shape index (κ1) is 16.4. The predicted octanol–water partition coefficient (Wildman–Crippen LogP) is 3.91. The Morgan fingerprint density at radius 1 is 1.17 bits per heavy atom. The summed E-state index contributed by atoms with van der Waals surface area (Å²) in [7, 11) is 0. The normalized spacial score (nSPS) is 19.3. The van der Waals surface area contributed by atoms with Crippen LogP contribution in [0.2, 0.25) is 0 Å². The van der Waals surface area contributed by atoms with Crippen LogP contribution in [0.3, 0.4) is 0 Å². The number of para-hydroxylation sites is 1. The number of hydrogen-bond acceptors (Lipinski definition) is 4. The number of morpholine rings is 1. The van der Waals surface area contributed by atoms with E-state index in [2.05, 4.69) is 48.6 Å². The molecule has 0 amide bonds. The second kappa shape index (κ2) is 8.39. The molecule has 1 N–H and O–H groups in total. The van der Waals surface area contributed by atoms with Crippen LogP contribution in [-0.2, 0) is 4.74 Å². The van der Waals surface area contributed by atoms with Crippen molar-refractivity contribution in [1.82, 2.24) is 5.32 Å². The molecule has 0 aliphatic carbocycles. The Hall–Kier alpha value is -1.49. The van der Waals surface area contributed by atoms with Crippen LogP contribution in [0.5, 0.6) is 5.75 Å². The van der Waals surface area contributed by atoms with Gasteiger partial charge in [0.1, 0.15) is 11.9 Å². The van der Waals surface area contributed by atoms with Crippen LogP contribution in [0.15, 0.2) is 59.5 Å². The van der Waals surface area contributed by atoms with E-state index in [1.807, 2.05) is 18.2 Å². The SMILES string of the molecule is CCSc1ccccc1OC(c1ccccc1)[C@@H]1CNCCO1. The second-order valence-corrected chi connectivity index (χ2v) is 6.75. The highest BCUT2D eigenvalue weighted by molar-refractivity contribution is 7.99. The molecule has 3 rings (SSSR count). The first-order valence-corrected chi connectivity index (χ1v) is 9.13. The fourth-order valence-electron chi connectivity index (χ4n) is 2.74. The summed E-state index contributed by atoms with van der Waals surface area (Å²) in [5.74, 6) is 1.96. The van der Waals surface area contributed by atoms with Crippen molar-refractivity contribution in [2.24, 2.45) is 0 Å². The molecule has 0 aromatic heterocycles. The van der Waals surface area contributed by atoms with E-state index in [0.29, 0.717) is 0 Å². The lowest BCUT2D eigenvalue weighted by molar-refractivity contribution is -0.0440. The first-order chi connectivity index (χ1) is 11.4. The Labute approximate surface area is 142 Å². The van der Waals surface area contributed by atoms with Crippen molar-refractivity contribution < 1.29 is 9.47 Å². The van der Waals surface area contributed by atoms with Crippen molar-refractivity contribution in [1.29, 1.82) is 0 Å². The van der Waals surface area contributed by atoms with Gasteiger partial charge in [0.25, 0.3) is 0 Å². The van der Waals surface area contributed by atoms with Crippen LogP contribution in [0.1, 0.15) is 18.6 Å². The second-order valence-electron chi connectivity index (χ2n) is 5.44. The van der Waals surface area contributed by atoms with Gasteiger partial charge in [0.15, 0.2) is 6.10 Å². The van der Waals surface area contributed by atoms with Crippen molar-refractivity contribution in [3.63, 3.8) is 0 Å². The summed E-state index contributed by atoms with van der Waals surface area (Å²) in [5, 5.41) is 3.40. The Balaban J connectivity index is 1.86. The van der Waals surface area contributed by atoms with E-state index in [1.165, 1.54) is 4.90 Å². The molecule has 0 saturated carbocycles. The highest BCUT2D eigenvalue weighted by Crippen LogP contribution is 2.34. The third-order valence-corrected chi connectivity index (χ3v) is 4.76. The molecule has 23 heavy (non-hydrogen) atoms. The van der Waals surface area contributed by atoms with Gasteiger partial charge in [-0.25, -0.2) is 0 Å². The van der Waals surface area contributed by atoms with Crippen molar-refractivity contribution >= 4 is 11.8 Å². The Morgan fingerprint density at radius 3 is 2.70 bits per heavy atom. The summed E-state index contributed by atoms with van der Waals surface area (Å²) in [6.45, 7) is 4.59. The molecule has 1 unspecified atom stereocenters. The van der Waals surface area contributed by atoms with Gasteiger partial charge in [-0.15, -0.1) is 11.8 Å². The average molecular weight is 329 g/mol. The van der Waals surface area contributed by atoms with Gasteiger partial charge in [-0.2, -0.15) is 0 Å². The molecular weight excluding hydrogens is 306 g/mol. The molecule has 2 atom stereocenters.